The van der Waals surface area contributed by atoms with Gasteiger partial charge in [-0.15, -0.1) is 0 Å². The van der Waals surface area contributed by atoms with E-state index < -0.39 is 14.9 Å². The molecule has 2 aliphatic rings. The highest BCUT2D eigenvalue weighted by Crippen LogP contribution is 2.41. The van der Waals surface area contributed by atoms with Crippen molar-refractivity contribution in [1.29, 1.82) is 0 Å². The molecule has 0 aromatic heterocycles. The smallest absolute Gasteiger partial charge is 0.293 e. The van der Waals surface area contributed by atoms with Crippen molar-refractivity contribution in [2.45, 2.75) is 23.8 Å². The number of halogens is 1. The summed E-state index contributed by atoms with van der Waals surface area (Å²) in [6.07, 6.45) is 2.15. The summed E-state index contributed by atoms with van der Waals surface area (Å²) < 4.78 is 33.5. The normalized spacial score (nSPS) is 19.8. The van der Waals surface area contributed by atoms with Gasteiger partial charge < -0.3 is 9.64 Å². The molecular weight excluding hydrogens is 418 g/mol. The van der Waals surface area contributed by atoms with Gasteiger partial charge in [-0.05, 0) is 43.0 Å². The Morgan fingerprint density at radius 1 is 1.21 bits per heavy atom. The van der Waals surface area contributed by atoms with Crippen LogP contribution in [0.2, 0.25) is 5.02 Å². The molecule has 8 nitrogen and oxygen atoms in total. The zero-order valence-corrected chi connectivity index (χ0v) is 17.0. The lowest BCUT2D eigenvalue weighted by molar-refractivity contribution is -0.384. The third-order valence-corrected chi connectivity index (χ3v) is 6.91. The van der Waals surface area contributed by atoms with Crippen LogP contribution in [0.15, 0.2) is 47.4 Å². The second-order valence-electron chi connectivity index (χ2n) is 7.17. The summed E-state index contributed by atoms with van der Waals surface area (Å²) in [6, 6.07) is 10.5. The van der Waals surface area contributed by atoms with Gasteiger partial charge in [0.2, 0.25) is 0 Å². The molecule has 2 aromatic carbocycles. The molecule has 1 saturated carbocycles. The molecule has 0 spiro atoms. The maximum atomic E-state index is 12.8. The zero-order valence-electron chi connectivity index (χ0n) is 15.5. The van der Waals surface area contributed by atoms with Crippen LogP contribution in [-0.4, -0.2) is 39.1 Å². The van der Waals surface area contributed by atoms with Gasteiger partial charge >= 0.3 is 0 Å². The van der Waals surface area contributed by atoms with E-state index in [0.717, 1.165) is 18.9 Å². The number of nitrogens with zero attached hydrogens (tertiary/aromatic N) is 2. The summed E-state index contributed by atoms with van der Waals surface area (Å²) in [5.41, 5.74) is 0.398. The average Bonchev–Trinajstić information content (AvgIpc) is 3.54. The number of rotatable bonds is 6. The van der Waals surface area contributed by atoms with Gasteiger partial charge in [-0.1, -0.05) is 23.7 Å². The number of hydrogen-bond donors (Lipinski definition) is 1. The van der Waals surface area contributed by atoms with Gasteiger partial charge in [-0.25, -0.2) is 8.42 Å². The number of anilines is 2. The van der Waals surface area contributed by atoms with Crippen molar-refractivity contribution in [2.24, 2.45) is 5.92 Å². The maximum Gasteiger partial charge on any atom is 0.293 e. The molecule has 2 aromatic rings. The first-order valence-electron chi connectivity index (χ1n) is 9.27. The highest BCUT2D eigenvalue weighted by molar-refractivity contribution is 7.92. The van der Waals surface area contributed by atoms with Gasteiger partial charge in [0, 0.05) is 12.6 Å². The molecule has 29 heavy (non-hydrogen) atoms. The molecule has 1 saturated heterocycles. The summed E-state index contributed by atoms with van der Waals surface area (Å²) in [6.45, 7) is 1.54. The van der Waals surface area contributed by atoms with Crippen molar-refractivity contribution in [3.63, 3.8) is 0 Å². The van der Waals surface area contributed by atoms with Crippen LogP contribution in [0.25, 0.3) is 0 Å². The van der Waals surface area contributed by atoms with Gasteiger partial charge in [-0.3, -0.25) is 14.8 Å². The highest BCUT2D eigenvalue weighted by atomic mass is 35.5. The molecule has 1 aliphatic carbocycles. The lowest BCUT2D eigenvalue weighted by Gasteiger charge is -2.37. The lowest BCUT2D eigenvalue weighted by atomic mass is 10.1. The minimum absolute atomic E-state index is 0.0751. The predicted octanol–water partition coefficient (Wildman–Crippen LogP) is 3.66. The number of nitrogens with one attached hydrogen (secondary N) is 1. The van der Waals surface area contributed by atoms with Crippen LogP contribution in [0.3, 0.4) is 0 Å². The second kappa shape index (κ2) is 7.81. The first kappa shape index (κ1) is 19.9. The molecular formula is C19H20ClN3O5S. The summed E-state index contributed by atoms with van der Waals surface area (Å²) in [5, 5.41) is 12.0. The van der Waals surface area contributed by atoms with E-state index in [9.17, 15) is 18.5 Å². The first-order valence-corrected chi connectivity index (χ1v) is 11.1. The van der Waals surface area contributed by atoms with Crippen molar-refractivity contribution in [3.8, 4) is 0 Å². The van der Waals surface area contributed by atoms with Crippen LogP contribution in [0, 0.1) is 16.0 Å². The summed E-state index contributed by atoms with van der Waals surface area (Å²) in [5.74, 6) is 0.459. The molecule has 154 valence electrons. The standard InChI is InChI=1S/C19H20ClN3O5S/c20-15-3-1-2-4-16(15)21-29(26,27)14-7-8-17(18(11-14)23(24)25)22-9-10-28-12-19(22)13-5-6-13/h1-4,7-8,11,13,19,21H,5-6,9-10,12H2/t19-/m1/s1. The number of nitro groups is 1. The van der Waals surface area contributed by atoms with Gasteiger partial charge in [-0.2, -0.15) is 0 Å². The fraction of sp³-hybridized carbons (Fsp3) is 0.368. The Balaban J connectivity index is 1.68. The molecule has 1 N–H and O–H groups in total. The molecule has 0 radical (unpaired) electrons. The minimum atomic E-state index is -4.04. The van der Waals surface area contributed by atoms with E-state index in [2.05, 4.69) is 4.72 Å². The number of sulfonamides is 1. The van der Waals surface area contributed by atoms with Crippen LogP contribution in [0.5, 0.6) is 0 Å². The Hall–Kier alpha value is -2.36. The molecule has 10 heteroatoms. The van der Waals surface area contributed by atoms with E-state index in [1.165, 1.54) is 18.2 Å². The number of hydrogen-bond acceptors (Lipinski definition) is 6. The van der Waals surface area contributed by atoms with E-state index in [4.69, 9.17) is 16.3 Å². The van der Waals surface area contributed by atoms with Crippen molar-refractivity contribution < 1.29 is 18.1 Å². The van der Waals surface area contributed by atoms with E-state index in [1.54, 1.807) is 18.2 Å². The minimum Gasteiger partial charge on any atom is -0.377 e. The Labute approximate surface area is 173 Å². The Kier molecular flexibility index (Phi) is 5.37. The number of nitro benzene ring substituents is 1. The lowest BCUT2D eigenvalue weighted by Crippen LogP contribution is -2.47. The number of para-hydroxylation sites is 1. The summed E-state index contributed by atoms with van der Waals surface area (Å²) in [4.78, 5) is 13.0. The van der Waals surface area contributed by atoms with E-state index in [-0.39, 0.29) is 27.3 Å². The second-order valence-corrected chi connectivity index (χ2v) is 9.26. The Morgan fingerprint density at radius 2 is 1.97 bits per heavy atom. The Bertz CT molecular complexity index is 1040. The van der Waals surface area contributed by atoms with Gasteiger partial charge in [0.25, 0.3) is 15.7 Å². The molecule has 1 aliphatic heterocycles. The van der Waals surface area contributed by atoms with Crippen molar-refractivity contribution in [1.82, 2.24) is 0 Å². The van der Waals surface area contributed by atoms with Gasteiger partial charge in [0.15, 0.2) is 0 Å². The van der Waals surface area contributed by atoms with E-state index in [0.29, 0.717) is 31.4 Å². The molecule has 0 unspecified atom stereocenters. The maximum absolute atomic E-state index is 12.8. The molecule has 1 atom stereocenters. The van der Waals surface area contributed by atoms with Gasteiger partial charge in [0.1, 0.15) is 5.69 Å². The van der Waals surface area contributed by atoms with Crippen LogP contribution in [0.4, 0.5) is 17.1 Å². The van der Waals surface area contributed by atoms with Crippen LogP contribution in [0.1, 0.15) is 12.8 Å². The number of morpholine rings is 1. The van der Waals surface area contributed by atoms with E-state index >= 15 is 0 Å². The topological polar surface area (TPSA) is 102 Å². The van der Waals surface area contributed by atoms with Crippen molar-refractivity contribution in [3.05, 3.63) is 57.6 Å². The third-order valence-electron chi connectivity index (χ3n) is 5.21. The van der Waals surface area contributed by atoms with Crippen molar-refractivity contribution >= 4 is 38.7 Å². The average molecular weight is 438 g/mol. The van der Waals surface area contributed by atoms with Crippen LogP contribution in [-0.2, 0) is 14.8 Å². The Morgan fingerprint density at radius 3 is 2.66 bits per heavy atom. The van der Waals surface area contributed by atoms with Crippen LogP contribution < -0.4 is 9.62 Å². The highest BCUT2D eigenvalue weighted by Gasteiger charge is 2.39. The summed E-state index contributed by atoms with van der Waals surface area (Å²) >= 11 is 6.02. The predicted molar refractivity (Wildman–Crippen MR) is 110 cm³/mol. The zero-order chi connectivity index (χ0) is 20.6. The third kappa shape index (κ3) is 4.17. The monoisotopic (exact) mass is 437 g/mol. The quantitative estimate of drug-likeness (QED) is 0.546. The summed E-state index contributed by atoms with van der Waals surface area (Å²) in [7, 11) is -4.04. The number of benzene rings is 2. The van der Waals surface area contributed by atoms with Crippen molar-refractivity contribution in [2.75, 3.05) is 29.4 Å². The molecule has 0 amide bonds. The SMILES string of the molecule is O=[N+]([O-])c1cc(S(=O)(=O)Nc2ccccc2Cl)ccc1N1CCOC[C@@H]1C1CC1. The van der Waals surface area contributed by atoms with Gasteiger partial charge in [0.05, 0.1) is 39.8 Å². The largest absolute Gasteiger partial charge is 0.377 e. The first-order chi connectivity index (χ1) is 13.9. The molecule has 1 heterocycles. The molecule has 4 rings (SSSR count). The molecule has 2 fully saturated rings. The van der Waals surface area contributed by atoms with E-state index in [1.807, 2.05) is 4.90 Å². The fourth-order valence-electron chi connectivity index (χ4n) is 3.60. The fourth-order valence-corrected chi connectivity index (χ4v) is 4.94. The van der Waals surface area contributed by atoms with Crippen LogP contribution >= 0.6 is 11.6 Å². The number of ether oxygens (including phenoxy) is 1. The molecule has 0 bridgehead atoms.